The fourth-order valence-corrected chi connectivity index (χ4v) is 5.76. The maximum Gasteiger partial charge on any atom is 0.416 e. The van der Waals surface area contributed by atoms with Crippen LogP contribution >= 0.6 is 0 Å². The Bertz CT molecular complexity index is 1200. The van der Waals surface area contributed by atoms with Gasteiger partial charge in [-0.3, -0.25) is 14.2 Å². The molecule has 1 aliphatic heterocycles. The summed E-state index contributed by atoms with van der Waals surface area (Å²) in [7, 11) is 0. The molecule has 6 nitrogen and oxygen atoms in total. The summed E-state index contributed by atoms with van der Waals surface area (Å²) >= 11 is 0. The first-order valence-corrected chi connectivity index (χ1v) is 11.8. The van der Waals surface area contributed by atoms with E-state index in [1.807, 2.05) is 0 Å². The third-order valence-electron chi connectivity index (χ3n) is 7.69. The highest BCUT2D eigenvalue weighted by molar-refractivity contribution is 5.79. The van der Waals surface area contributed by atoms with Crippen molar-refractivity contribution < 1.29 is 36.2 Å². The van der Waals surface area contributed by atoms with Crippen LogP contribution in [0.25, 0.3) is 10.9 Å². The van der Waals surface area contributed by atoms with Crippen LogP contribution in [0.4, 0.5) is 26.3 Å². The van der Waals surface area contributed by atoms with Crippen molar-refractivity contribution in [2.24, 2.45) is 11.3 Å². The molecule has 1 saturated carbocycles. The first-order valence-electron chi connectivity index (χ1n) is 11.8. The van der Waals surface area contributed by atoms with E-state index in [0.717, 1.165) is 37.4 Å². The van der Waals surface area contributed by atoms with Gasteiger partial charge in [0.15, 0.2) is 0 Å². The highest BCUT2D eigenvalue weighted by Gasteiger charge is 2.56. The number of rotatable bonds is 4. The smallest absolute Gasteiger partial charge is 0.387 e. The molecule has 1 aromatic heterocycles. The highest BCUT2D eigenvalue weighted by atomic mass is 19.4. The minimum Gasteiger partial charge on any atom is -0.387 e. The molecule has 2 atom stereocenters. The van der Waals surface area contributed by atoms with Gasteiger partial charge in [0.05, 0.1) is 41.4 Å². The van der Waals surface area contributed by atoms with E-state index in [1.165, 1.54) is 16.4 Å². The molecule has 2 fully saturated rings. The first kappa shape index (κ1) is 26.4. The zero-order chi connectivity index (χ0) is 26.5. The quantitative estimate of drug-likeness (QED) is 0.603. The summed E-state index contributed by atoms with van der Waals surface area (Å²) in [6.07, 6.45) is -6.55. The molecule has 1 saturated heterocycles. The van der Waals surface area contributed by atoms with Gasteiger partial charge in [-0.15, -0.1) is 0 Å². The zero-order valence-electron chi connectivity index (χ0n) is 19.6. The van der Waals surface area contributed by atoms with E-state index in [9.17, 15) is 41.0 Å². The van der Waals surface area contributed by atoms with Crippen LogP contribution in [0.15, 0.2) is 29.3 Å². The van der Waals surface area contributed by atoms with Gasteiger partial charge in [-0.25, -0.2) is 4.98 Å². The molecule has 1 aliphatic carbocycles. The zero-order valence-corrected chi connectivity index (χ0v) is 19.6. The van der Waals surface area contributed by atoms with Gasteiger partial charge < -0.3 is 10.0 Å². The molecule has 1 aromatic carbocycles. The van der Waals surface area contributed by atoms with Crippen molar-refractivity contribution in [1.82, 2.24) is 14.5 Å². The summed E-state index contributed by atoms with van der Waals surface area (Å²) < 4.78 is 78.7. The molecule has 1 unspecified atom stereocenters. The number of carbonyl (C=O) groups excluding carboxylic acids is 1. The number of nitrogens with zero attached hydrogens (tertiary/aromatic N) is 3. The summed E-state index contributed by atoms with van der Waals surface area (Å²) in [5, 5.41) is 11.8. The number of aromatic nitrogens is 2. The topological polar surface area (TPSA) is 75.4 Å². The van der Waals surface area contributed by atoms with Crippen molar-refractivity contribution in [3.8, 4) is 0 Å². The molecule has 0 radical (unpaired) electrons. The normalized spacial score (nSPS) is 23.4. The summed E-state index contributed by atoms with van der Waals surface area (Å²) in [5.74, 6) is -1.87. The van der Waals surface area contributed by atoms with Crippen LogP contribution in [0.5, 0.6) is 0 Å². The Morgan fingerprint density at radius 1 is 1.14 bits per heavy atom. The van der Waals surface area contributed by atoms with E-state index in [1.54, 1.807) is 0 Å². The van der Waals surface area contributed by atoms with Gasteiger partial charge in [-0.1, -0.05) is 19.8 Å². The summed E-state index contributed by atoms with van der Waals surface area (Å²) in [5.41, 5.74) is -3.91. The van der Waals surface area contributed by atoms with Crippen molar-refractivity contribution in [3.63, 3.8) is 0 Å². The molecule has 198 valence electrons. The lowest BCUT2D eigenvalue weighted by Gasteiger charge is -2.52. The monoisotopic (exact) mass is 519 g/mol. The van der Waals surface area contributed by atoms with E-state index in [-0.39, 0.29) is 37.0 Å². The molecular formula is C24H27F6N3O3. The largest absolute Gasteiger partial charge is 0.416 e. The van der Waals surface area contributed by atoms with Crippen LogP contribution in [0.1, 0.15) is 51.0 Å². The second kappa shape index (κ2) is 9.04. The average molecular weight is 519 g/mol. The number of likely N-dealkylation sites (tertiary alicyclic amines) is 1. The molecule has 0 bridgehead atoms. The number of amides is 1. The van der Waals surface area contributed by atoms with Gasteiger partial charge in [0, 0.05) is 24.4 Å². The number of alkyl halides is 6. The Labute approximate surface area is 202 Å². The fraction of sp³-hybridized carbons (Fsp3) is 0.625. The highest BCUT2D eigenvalue weighted by Crippen LogP contribution is 2.51. The number of fused-ring (bicyclic) bond motifs is 1. The standard InChI is InChI=1S/C24H27F6N3O3/c1-15(11-23(25,26)27)19(34)32-9-8-22(36,21(12-32)6-2-3-7-21)13-33-14-31-18-10-16(24(28,29)30)4-5-17(18)20(33)35/h4-5,10,14-15,36H,2-3,6-9,11-13H2,1H3/t15-,22?/m1/s1. The van der Waals surface area contributed by atoms with E-state index >= 15 is 0 Å². The lowest BCUT2D eigenvalue weighted by Crippen LogP contribution is -2.62. The average Bonchev–Trinajstić information content (AvgIpc) is 3.25. The maximum absolute atomic E-state index is 13.1. The third-order valence-corrected chi connectivity index (χ3v) is 7.69. The predicted octanol–water partition coefficient (Wildman–Crippen LogP) is 4.53. The van der Waals surface area contributed by atoms with E-state index in [0.29, 0.717) is 12.8 Å². The third kappa shape index (κ3) is 4.96. The number of halogens is 6. The van der Waals surface area contributed by atoms with Crippen LogP contribution in [0.3, 0.4) is 0 Å². The summed E-state index contributed by atoms with van der Waals surface area (Å²) in [6.45, 7) is 1.16. The van der Waals surface area contributed by atoms with Gasteiger partial charge in [0.25, 0.3) is 5.56 Å². The van der Waals surface area contributed by atoms with Crippen LogP contribution in [0, 0.1) is 11.3 Å². The van der Waals surface area contributed by atoms with Crippen molar-refractivity contribution in [3.05, 3.63) is 40.4 Å². The molecule has 1 N–H and O–H groups in total. The number of benzene rings is 1. The van der Waals surface area contributed by atoms with Gasteiger partial charge in [0.1, 0.15) is 0 Å². The van der Waals surface area contributed by atoms with E-state index < -0.39 is 52.7 Å². The van der Waals surface area contributed by atoms with Crippen molar-refractivity contribution in [2.45, 2.75) is 69.9 Å². The van der Waals surface area contributed by atoms with Gasteiger partial charge in [0.2, 0.25) is 5.91 Å². The fourth-order valence-electron chi connectivity index (χ4n) is 5.76. The maximum atomic E-state index is 13.1. The molecule has 1 amide bonds. The van der Waals surface area contributed by atoms with Crippen LogP contribution < -0.4 is 5.56 Å². The number of hydrogen-bond donors (Lipinski definition) is 1. The molecule has 1 spiro atoms. The van der Waals surface area contributed by atoms with Gasteiger partial charge in [-0.05, 0) is 37.5 Å². The Morgan fingerprint density at radius 3 is 2.42 bits per heavy atom. The van der Waals surface area contributed by atoms with Crippen LogP contribution in [-0.4, -0.2) is 50.3 Å². The minimum atomic E-state index is -4.59. The van der Waals surface area contributed by atoms with E-state index in [4.69, 9.17) is 0 Å². The van der Waals surface area contributed by atoms with Crippen LogP contribution in [-0.2, 0) is 17.5 Å². The van der Waals surface area contributed by atoms with Crippen LogP contribution in [0.2, 0.25) is 0 Å². The van der Waals surface area contributed by atoms with Gasteiger partial charge >= 0.3 is 12.4 Å². The lowest BCUT2D eigenvalue weighted by molar-refractivity contribution is -0.172. The second-order valence-corrected chi connectivity index (χ2v) is 10.2. The first-order chi connectivity index (χ1) is 16.6. The molecule has 36 heavy (non-hydrogen) atoms. The van der Waals surface area contributed by atoms with Gasteiger partial charge in [-0.2, -0.15) is 26.3 Å². The SMILES string of the molecule is C[C@H](CC(F)(F)F)C(=O)N1CCC(O)(Cn2cnc3cc(C(F)(F)F)ccc3c2=O)C2(CCCC2)C1. The van der Waals surface area contributed by atoms with Crippen molar-refractivity contribution in [1.29, 1.82) is 0 Å². The molecular weight excluding hydrogens is 492 g/mol. The number of piperidine rings is 1. The molecule has 2 heterocycles. The molecule has 2 aliphatic rings. The second-order valence-electron chi connectivity index (χ2n) is 10.2. The summed E-state index contributed by atoms with van der Waals surface area (Å²) in [6, 6.07) is 2.65. The minimum absolute atomic E-state index is 0.0249. The Morgan fingerprint density at radius 2 is 1.81 bits per heavy atom. The summed E-state index contributed by atoms with van der Waals surface area (Å²) in [4.78, 5) is 31.2. The molecule has 12 heteroatoms. The molecule has 4 rings (SSSR count). The molecule has 2 aromatic rings. The van der Waals surface area contributed by atoms with E-state index in [2.05, 4.69) is 4.98 Å². The Kier molecular flexibility index (Phi) is 6.64. The Balaban J connectivity index is 1.60. The lowest BCUT2D eigenvalue weighted by atomic mass is 9.65. The van der Waals surface area contributed by atoms with Crippen molar-refractivity contribution in [2.75, 3.05) is 13.1 Å². The number of carbonyl (C=O) groups is 1. The number of hydrogen-bond acceptors (Lipinski definition) is 4. The predicted molar refractivity (Wildman–Crippen MR) is 118 cm³/mol. The Hall–Kier alpha value is -2.63. The van der Waals surface area contributed by atoms with Crippen molar-refractivity contribution >= 4 is 16.8 Å². The number of aliphatic hydroxyl groups is 1.